The average Bonchev–Trinajstić information content (AvgIpc) is 2.26. The maximum atomic E-state index is 11.3. The van der Waals surface area contributed by atoms with Gasteiger partial charge >= 0.3 is 0 Å². The lowest BCUT2D eigenvalue weighted by Gasteiger charge is -2.36. The minimum absolute atomic E-state index is 0.153. The SMILES string of the molecule is CNC(=O)c1ccc(N(C)C2CNC2)cn1. The normalized spacial score (nSPS) is 15.4. The molecule has 5 nitrogen and oxygen atoms in total. The fourth-order valence-corrected chi connectivity index (χ4v) is 1.62. The van der Waals surface area contributed by atoms with E-state index in [9.17, 15) is 4.79 Å². The van der Waals surface area contributed by atoms with Crippen molar-refractivity contribution in [2.45, 2.75) is 6.04 Å². The van der Waals surface area contributed by atoms with Gasteiger partial charge < -0.3 is 15.5 Å². The van der Waals surface area contributed by atoms with Gasteiger partial charge in [0.2, 0.25) is 0 Å². The second kappa shape index (κ2) is 4.49. The van der Waals surface area contributed by atoms with Gasteiger partial charge in [-0.2, -0.15) is 0 Å². The summed E-state index contributed by atoms with van der Waals surface area (Å²) in [5, 5.41) is 5.77. The first-order valence-corrected chi connectivity index (χ1v) is 5.34. The number of carbonyl (C=O) groups excluding carboxylic acids is 1. The van der Waals surface area contributed by atoms with Gasteiger partial charge in [-0.3, -0.25) is 4.79 Å². The van der Waals surface area contributed by atoms with Gasteiger partial charge in [-0.25, -0.2) is 4.98 Å². The number of aromatic nitrogens is 1. The Morgan fingerprint density at radius 2 is 2.31 bits per heavy atom. The van der Waals surface area contributed by atoms with Gasteiger partial charge in [-0.1, -0.05) is 0 Å². The number of rotatable bonds is 3. The van der Waals surface area contributed by atoms with Crippen LogP contribution in [-0.2, 0) is 0 Å². The zero-order valence-electron chi connectivity index (χ0n) is 9.53. The quantitative estimate of drug-likeness (QED) is 0.744. The summed E-state index contributed by atoms with van der Waals surface area (Å²) in [6.45, 7) is 2.02. The molecule has 2 heterocycles. The summed E-state index contributed by atoms with van der Waals surface area (Å²) in [6.07, 6.45) is 1.74. The van der Waals surface area contributed by atoms with Crippen molar-refractivity contribution in [2.24, 2.45) is 0 Å². The third-order valence-electron chi connectivity index (χ3n) is 2.92. The Labute approximate surface area is 94.9 Å². The number of nitrogens with one attached hydrogen (secondary N) is 2. The molecule has 0 aromatic carbocycles. The average molecular weight is 220 g/mol. The van der Waals surface area contributed by atoms with E-state index in [0.717, 1.165) is 18.8 Å². The minimum Gasteiger partial charge on any atom is -0.368 e. The van der Waals surface area contributed by atoms with Gasteiger partial charge in [0.05, 0.1) is 17.9 Å². The van der Waals surface area contributed by atoms with Crippen LogP contribution in [0.2, 0.25) is 0 Å². The van der Waals surface area contributed by atoms with E-state index in [1.165, 1.54) is 0 Å². The number of pyridine rings is 1. The summed E-state index contributed by atoms with van der Waals surface area (Å²) in [5.74, 6) is -0.153. The summed E-state index contributed by atoms with van der Waals surface area (Å²) in [6, 6.07) is 4.21. The number of nitrogens with zero attached hydrogens (tertiary/aromatic N) is 2. The van der Waals surface area contributed by atoms with Crippen molar-refractivity contribution in [3.05, 3.63) is 24.0 Å². The number of likely N-dealkylation sites (N-methyl/N-ethyl adjacent to an activating group) is 1. The summed E-state index contributed by atoms with van der Waals surface area (Å²) in [5.41, 5.74) is 1.49. The second-order valence-electron chi connectivity index (χ2n) is 3.90. The molecule has 0 aliphatic carbocycles. The molecule has 1 fully saturated rings. The molecule has 16 heavy (non-hydrogen) atoms. The van der Waals surface area contributed by atoms with E-state index in [1.54, 1.807) is 19.3 Å². The molecule has 5 heteroatoms. The summed E-state index contributed by atoms with van der Waals surface area (Å²) >= 11 is 0. The first kappa shape index (κ1) is 10.9. The highest BCUT2D eigenvalue weighted by Gasteiger charge is 2.21. The van der Waals surface area contributed by atoms with Crippen LogP contribution in [-0.4, -0.2) is 44.1 Å². The van der Waals surface area contributed by atoms with Crippen molar-refractivity contribution >= 4 is 11.6 Å². The molecule has 1 aliphatic heterocycles. The van der Waals surface area contributed by atoms with Crippen LogP contribution >= 0.6 is 0 Å². The van der Waals surface area contributed by atoms with E-state index in [2.05, 4.69) is 20.5 Å². The number of carbonyl (C=O) groups is 1. The Bertz CT molecular complexity index is 372. The van der Waals surface area contributed by atoms with Crippen LogP contribution in [0.15, 0.2) is 18.3 Å². The van der Waals surface area contributed by atoms with Crippen LogP contribution in [0.25, 0.3) is 0 Å². The van der Waals surface area contributed by atoms with E-state index >= 15 is 0 Å². The number of anilines is 1. The van der Waals surface area contributed by atoms with Gasteiger partial charge in [0.15, 0.2) is 0 Å². The lowest BCUT2D eigenvalue weighted by molar-refractivity contribution is 0.0958. The first-order valence-electron chi connectivity index (χ1n) is 5.34. The maximum absolute atomic E-state index is 11.3. The molecule has 1 saturated heterocycles. The van der Waals surface area contributed by atoms with Crippen molar-refractivity contribution in [2.75, 3.05) is 32.1 Å². The third-order valence-corrected chi connectivity index (χ3v) is 2.92. The second-order valence-corrected chi connectivity index (χ2v) is 3.90. The molecular formula is C11H16N4O. The zero-order chi connectivity index (χ0) is 11.5. The van der Waals surface area contributed by atoms with E-state index in [1.807, 2.05) is 13.1 Å². The Morgan fingerprint density at radius 3 is 2.75 bits per heavy atom. The molecule has 0 unspecified atom stereocenters. The van der Waals surface area contributed by atoms with E-state index in [-0.39, 0.29) is 5.91 Å². The molecule has 0 radical (unpaired) electrons. The Morgan fingerprint density at radius 1 is 1.56 bits per heavy atom. The molecular weight excluding hydrogens is 204 g/mol. The van der Waals surface area contributed by atoms with E-state index in [0.29, 0.717) is 11.7 Å². The predicted molar refractivity (Wildman–Crippen MR) is 62.7 cm³/mol. The van der Waals surface area contributed by atoms with Crippen LogP contribution in [0.3, 0.4) is 0 Å². The first-order chi connectivity index (χ1) is 7.72. The van der Waals surface area contributed by atoms with Crippen molar-refractivity contribution in [1.82, 2.24) is 15.6 Å². The highest BCUT2D eigenvalue weighted by molar-refractivity contribution is 5.92. The molecule has 0 saturated carbocycles. The molecule has 1 aliphatic rings. The number of hydrogen-bond donors (Lipinski definition) is 2. The molecule has 0 spiro atoms. The number of amides is 1. The molecule has 0 bridgehead atoms. The minimum atomic E-state index is -0.153. The predicted octanol–water partition coefficient (Wildman–Crippen LogP) is -0.151. The summed E-state index contributed by atoms with van der Waals surface area (Å²) in [7, 11) is 3.65. The van der Waals surface area contributed by atoms with E-state index in [4.69, 9.17) is 0 Å². The van der Waals surface area contributed by atoms with Gasteiger partial charge in [0.25, 0.3) is 5.91 Å². The molecule has 1 aromatic heterocycles. The highest BCUT2D eigenvalue weighted by Crippen LogP contribution is 2.16. The lowest BCUT2D eigenvalue weighted by Crippen LogP contribution is -2.56. The molecule has 2 N–H and O–H groups in total. The molecule has 0 atom stereocenters. The van der Waals surface area contributed by atoms with Crippen LogP contribution in [0, 0.1) is 0 Å². The van der Waals surface area contributed by atoms with Crippen molar-refractivity contribution in [3.8, 4) is 0 Å². The highest BCUT2D eigenvalue weighted by atomic mass is 16.1. The topological polar surface area (TPSA) is 57.3 Å². The van der Waals surface area contributed by atoms with Gasteiger partial charge in [-0.05, 0) is 12.1 Å². The van der Waals surface area contributed by atoms with E-state index < -0.39 is 0 Å². The fourth-order valence-electron chi connectivity index (χ4n) is 1.62. The summed E-state index contributed by atoms with van der Waals surface area (Å²) < 4.78 is 0. The largest absolute Gasteiger partial charge is 0.368 e. The van der Waals surface area contributed by atoms with Gasteiger partial charge in [0, 0.05) is 27.2 Å². The Kier molecular flexibility index (Phi) is 3.05. The molecule has 1 aromatic rings. The Balaban J connectivity index is 2.09. The van der Waals surface area contributed by atoms with Crippen LogP contribution < -0.4 is 15.5 Å². The van der Waals surface area contributed by atoms with Crippen LogP contribution in [0.1, 0.15) is 10.5 Å². The monoisotopic (exact) mass is 220 g/mol. The molecule has 1 amide bonds. The smallest absolute Gasteiger partial charge is 0.269 e. The molecule has 2 rings (SSSR count). The summed E-state index contributed by atoms with van der Waals surface area (Å²) in [4.78, 5) is 17.6. The van der Waals surface area contributed by atoms with Crippen molar-refractivity contribution < 1.29 is 4.79 Å². The zero-order valence-corrected chi connectivity index (χ0v) is 9.53. The standard InChI is InChI=1S/C11H16N4O/c1-12-11(16)10-4-3-8(7-14-10)15(2)9-5-13-6-9/h3-4,7,9,13H,5-6H2,1-2H3,(H,12,16). The molecule has 86 valence electrons. The Hall–Kier alpha value is -1.62. The van der Waals surface area contributed by atoms with Gasteiger partial charge in [0.1, 0.15) is 5.69 Å². The number of hydrogen-bond acceptors (Lipinski definition) is 4. The van der Waals surface area contributed by atoms with Crippen molar-refractivity contribution in [1.29, 1.82) is 0 Å². The van der Waals surface area contributed by atoms with Gasteiger partial charge in [-0.15, -0.1) is 0 Å². The maximum Gasteiger partial charge on any atom is 0.269 e. The van der Waals surface area contributed by atoms with Crippen LogP contribution in [0.4, 0.5) is 5.69 Å². The lowest BCUT2D eigenvalue weighted by atomic mass is 10.1. The fraction of sp³-hybridized carbons (Fsp3) is 0.455. The van der Waals surface area contributed by atoms with Crippen molar-refractivity contribution in [3.63, 3.8) is 0 Å². The van der Waals surface area contributed by atoms with Crippen LogP contribution in [0.5, 0.6) is 0 Å². The third kappa shape index (κ3) is 1.99.